The maximum atomic E-state index is 11.9. The molecule has 2 amide bonds. The number of aromatic hydroxyl groups is 1. The second-order valence-corrected chi connectivity index (χ2v) is 6.14. The van der Waals surface area contributed by atoms with Gasteiger partial charge in [-0.2, -0.15) is 5.10 Å². The monoisotopic (exact) mass is 389 g/mol. The molecule has 2 aromatic carbocycles. The normalized spacial score (nSPS) is 10.6. The lowest BCUT2D eigenvalue weighted by Gasteiger charge is -2.06. The Morgan fingerprint density at radius 2 is 1.93 bits per heavy atom. The number of phenolic OH excluding ortho intramolecular Hbond substituents is 1. The van der Waals surface area contributed by atoms with E-state index >= 15 is 0 Å². The van der Waals surface area contributed by atoms with Gasteiger partial charge in [-0.25, -0.2) is 5.43 Å². The minimum absolute atomic E-state index is 0.0122. The minimum Gasteiger partial charge on any atom is -0.504 e. The zero-order chi connectivity index (χ0) is 19.8. The van der Waals surface area contributed by atoms with E-state index in [0.29, 0.717) is 22.0 Å². The lowest BCUT2D eigenvalue weighted by atomic mass is 10.2. The van der Waals surface area contributed by atoms with E-state index in [2.05, 4.69) is 15.8 Å². The molecule has 0 radical (unpaired) electrons. The van der Waals surface area contributed by atoms with Crippen LogP contribution in [0, 0.1) is 6.92 Å². The number of carbonyl (C=O) groups is 2. The molecule has 7 nitrogen and oxygen atoms in total. The van der Waals surface area contributed by atoms with Gasteiger partial charge in [-0.1, -0.05) is 17.7 Å². The Labute approximate surface area is 162 Å². The molecule has 0 spiro atoms. The zero-order valence-corrected chi connectivity index (χ0v) is 15.7. The van der Waals surface area contributed by atoms with Crippen LogP contribution in [-0.4, -0.2) is 30.2 Å². The predicted molar refractivity (Wildman–Crippen MR) is 104 cm³/mol. The number of nitrogens with zero attached hydrogens (tertiary/aromatic N) is 1. The highest BCUT2D eigenvalue weighted by molar-refractivity contribution is 6.31. The Kier molecular flexibility index (Phi) is 7.19. The second-order valence-electron chi connectivity index (χ2n) is 5.74. The Morgan fingerprint density at radius 3 is 2.63 bits per heavy atom. The molecular formula is C19H20ClN3O4. The van der Waals surface area contributed by atoms with E-state index in [1.54, 1.807) is 30.3 Å². The molecule has 0 unspecified atom stereocenters. The number of nitrogens with one attached hydrogen (secondary N) is 2. The summed E-state index contributed by atoms with van der Waals surface area (Å²) in [7, 11) is 1.44. The molecule has 0 heterocycles. The minimum atomic E-state index is -0.394. The van der Waals surface area contributed by atoms with Gasteiger partial charge in [0.05, 0.1) is 13.3 Å². The van der Waals surface area contributed by atoms with Crippen molar-refractivity contribution < 1.29 is 19.4 Å². The number of amides is 2. The molecule has 0 fully saturated rings. The lowest BCUT2D eigenvalue weighted by molar-refractivity contribution is -0.124. The summed E-state index contributed by atoms with van der Waals surface area (Å²) < 4.78 is 4.99. The van der Waals surface area contributed by atoms with Crippen LogP contribution in [0.3, 0.4) is 0 Å². The number of anilines is 1. The smallest absolute Gasteiger partial charge is 0.240 e. The number of hydrogen-bond acceptors (Lipinski definition) is 5. The number of halogens is 1. The van der Waals surface area contributed by atoms with Crippen molar-refractivity contribution in [3.05, 3.63) is 52.5 Å². The highest BCUT2D eigenvalue weighted by Crippen LogP contribution is 2.25. The van der Waals surface area contributed by atoms with Gasteiger partial charge < -0.3 is 15.2 Å². The molecule has 0 aliphatic rings. The number of benzene rings is 2. The first-order chi connectivity index (χ1) is 12.9. The third kappa shape index (κ3) is 6.31. The van der Waals surface area contributed by atoms with Gasteiger partial charge in [0.25, 0.3) is 0 Å². The molecule has 0 saturated carbocycles. The average Bonchev–Trinajstić information content (AvgIpc) is 2.64. The van der Waals surface area contributed by atoms with Crippen molar-refractivity contribution in [3.63, 3.8) is 0 Å². The number of methoxy groups -OCH3 is 1. The first-order valence-corrected chi connectivity index (χ1v) is 8.51. The van der Waals surface area contributed by atoms with Crippen molar-refractivity contribution in [2.24, 2.45) is 5.10 Å². The largest absolute Gasteiger partial charge is 0.504 e. The standard InChI is InChI=1S/C19H20ClN3O4/c1-12-3-5-14(10-15(12)20)22-18(25)7-8-19(26)23-21-11-13-4-6-16(24)17(9-13)27-2/h3-6,9-11,24H,7-8H2,1-2H3,(H,22,25)(H,23,26). The third-order valence-electron chi connectivity index (χ3n) is 3.64. The van der Waals surface area contributed by atoms with Crippen molar-refractivity contribution in [3.8, 4) is 11.5 Å². The van der Waals surface area contributed by atoms with Gasteiger partial charge in [-0.15, -0.1) is 0 Å². The Bertz CT molecular complexity index is 868. The summed E-state index contributed by atoms with van der Waals surface area (Å²) in [6.07, 6.45) is 1.41. The molecule has 3 N–H and O–H groups in total. The van der Waals surface area contributed by atoms with Crippen LogP contribution in [0.4, 0.5) is 5.69 Å². The van der Waals surface area contributed by atoms with E-state index in [1.807, 2.05) is 6.92 Å². The summed E-state index contributed by atoms with van der Waals surface area (Å²) in [6, 6.07) is 9.86. The zero-order valence-electron chi connectivity index (χ0n) is 15.0. The second kappa shape index (κ2) is 9.59. The van der Waals surface area contributed by atoms with Gasteiger partial charge in [-0.3, -0.25) is 9.59 Å². The topological polar surface area (TPSA) is 100 Å². The molecule has 0 aromatic heterocycles. The van der Waals surface area contributed by atoms with E-state index in [9.17, 15) is 14.7 Å². The maximum absolute atomic E-state index is 11.9. The van der Waals surface area contributed by atoms with E-state index in [1.165, 1.54) is 19.4 Å². The van der Waals surface area contributed by atoms with Gasteiger partial charge in [0, 0.05) is 23.6 Å². The quantitative estimate of drug-likeness (QED) is 0.500. The number of rotatable bonds is 7. The molecule has 0 atom stereocenters. The van der Waals surface area contributed by atoms with Crippen LogP contribution in [0.15, 0.2) is 41.5 Å². The summed E-state index contributed by atoms with van der Waals surface area (Å²) in [6.45, 7) is 1.87. The number of ether oxygens (including phenoxy) is 1. The number of aryl methyl sites for hydroxylation is 1. The Hall–Kier alpha value is -3.06. The van der Waals surface area contributed by atoms with Crippen LogP contribution in [0.1, 0.15) is 24.0 Å². The van der Waals surface area contributed by atoms with Crippen molar-refractivity contribution in [1.29, 1.82) is 0 Å². The Morgan fingerprint density at radius 1 is 1.19 bits per heavy atom. The van der Waals surface area contributed by atoms with Crippen LogP contribution < -0.4 is 15.5 Å². The van der Waals surface area contributed by atoms with Crippen molar-refractivity contribution in [2.75, 3.05) is 12.4 Å². The molecule has 8 heteroatoms. The van der Waals surface area contributed by atoms with Crippen LogP contribution >= 0.6 is 11.6 Å². The SMILES string of the molecule is COc1cc(C=NNC(=O)CCC(=O)Nc2ccc(C)c(Cl)c2)ccc1O. The van der Waals surface area contributed by atoms with Crippen LogP contribution in [0.2, 0.25) is 5.02 Å². The van der Waals surface area contributed by atoms with Crippen molar-refractivity contribution >= 4 is 35.3 Å². The summed E-state index contributed by atoms with van der Waals surface area (Å²) in [5, 5.41) is 16.6. The number of carbonyl (C=O) groups excluding carboxylic acids is 2. The summed E-state index contributed by atoms with van der Waals surface area (Å²) >= 11 is 6.01. The fraction of sp³-hybridized carbons (Fsp3) is 0.211. The fourth-order valence-corrected chi connectivity index (χ4v) is 2.31. The molecule has 0 saturated heterocycles. The van der Waals surface area contributed by atoms with Gasteiger partial charge in [0.1, 0.15) is 0 Å². The molecule has 2 aromatic rings. The Balaban J connectivity index is 1.78. The van der Waals surface area contributed by atoms with E-state index in [0.717, 1.165) is 5.56 Å². The first kappa shape index (κ1) is 20.3. The van der Waals surface area contributed by atoms with Gasteiger partial charge >= 0.3 is 0 Å². The van der Waals surface area contributed by atoms with Gasteiger partial charge in [0.15, 0.2) is 11.5 Å². The lowest BCUT2D eigenvalue weighted by Crippen LogP contribution is -2.20. The molecule has 2 rings (SSSR count). The van der Waals surface area contributed by atoms with E-state index in [-0.39, 0.29) is 24.5 Å². The van der Waals surface area contributed by atoms with Crippen LogP contribution in [-0.2, 0) is 9.59 Å². The molecule has 0 bridgehead atoms. The first-order valence-electron chi connectivity index (χ1n) is 8.14. The number of phenols is 1. The molecule has 0 aliphatic carbocycles. The van der Waals surface area contributed by atoms with Crippen LogP contribution in [0.25, 0.3) is 0 Å². The van der Waals surface area contributed by atoms with Crippen molar-refractivity contribution in [2.45, 2.75) is 19.8 Å². The van der Waals surface area contributed by atoms with E-state index < -0.39 is 5.91 Å². The highest BCUT2D eigenvalue weighted by atomic mass is 35.5. The number of hydrazone groups is 1. The van der Waals surface area contributed by atoms with Crippen molar-refractivity contribution in [1.82, 2.24) is 5.43 Å². The molecule has 27 heavy (non-hydrogen) atoms. The summed E-state index contributed by atoms with van der Waals surface area (Å²) in [5.74, 6) is -0.371. The average molecular weight is 390 g/mol. The third-order valence-corrected chi connectivity index (χ3v) is 4.05. The summed E-state index contributed by atoms with van der Waals surface area (Å²) in [4.78, 5) is 23.7. The highest BCUT2D eigenvalue weighted by Gasteiger charge is 2.08. The van der Waals surface area contributed by atoms with Gasteiger partial charge in [-0.05, 0) is 48.4 Å². The number of hydrogen-bond donors (Lipinski definition) is 3. The fourth-order valence-electron chi connectivity index (χ4n) is 2.13. The molecule has 0 aliphatic heterocycles. The van der Waals surface area contributed by atoms with Gasteiger partial charge in [0.2, 0.25) is 11.8 Å². The van der Waals surface area contributed by atoms with Crippen LogP contribution in [0.5, 0.6) is 11.5 Å². The van der Waals surface area contributed by atoms with E-state index in [4.69, 9.17) is 16.3 Å². The summed E-state index contributed by atoms with van der Waals surface area (Å²) in [5.41, 5.74) is 4.48. The predicted octanol–water partition coefficient (Wildman–Crippen LogP) is 3.23. The molecular weight excluding hydrogens is 370 g/mol. The maximum Gasteiger partial charge on any atom is 0.240 e. The molecule has 142 valence electrons.